The van der Waals surface area contributed by atoms with E-state index in [0.717, 1.165) is 30.2 Å². The van der Waals surface area contributed by atoms with Gasteiger partial charge >= 0.3 is 0 Å². The minimum absolute atomic E-state index is 0.111. The Morgan fingerprint density at radius 2 is 2.21 bits per heavy atom. The number of nitrogen functional groups attached to an aromatic ring is 1. The van der Waals surface area contributed by atoms with Crippen LogP contribution in [0.3, 0.4) is 0 Å². The van der Waals surface area contributed by atoms with Crippen LogP contribution in [0, 0.1) is 0 Å². The molecule has 102 valence electrons. The van der Waals surface area contributed by atoms with Crippen molar-refractivity contribution >= 4 is 33.2 Å². The van der Waals surface area contributed by atoms with E-state index in [4.69, 9.17) is 5.73 Å². The zero-order valence-electron chi connectivity index (χ0n) is 10.4. The molecule has 19 heavy (non-hydrogen) atoms. The summed E-state index contributed by atoms with van der Waals surface area (Å²) < 4.78 is 2.38. The van der Waals surface area contributed by atoms with Crippen LogP contribution in [0.1, 0.15) is 25.7 Å². The first-order chi connectivity index (χ1) is 9.13. The maximum absolute atomic E-state index is 9.63. The van der Waals surface area contributed by atoms with E-state index in [1.807, 2.05) is 0 Å². The van der Waals surface area contributed by atoms with E-state index in [-0.39, 0.29) is 12.1 Å². The lowest BCUT2D eigenvalue weighted by atomic mass is 9.99. The SMILES string of the molecule is Nc1cc(NC2(CO)CCCC2)nc2c(Br)cnn12. The molecule has 2 aromatic heterocycles. The molecule has 1 fully saturated rings. The van der Waals surface area contributed by atoms with Gasteiger partial charge in [0.15, 0.2) is 5.65 Å². The molecule has 7 heteroatoms. The summed E-state index contributed by atoms with van der Waals surface area (Å²) in [6, 6.07) is 1.75. The van der Waals surface area contributed by atoms with E-state index in [0.29, 0.717) is 17.3 Å². The number of nitrogens with one attached hydrogen (secondary N) is 1. The van der Waals surface area contributed by atoms with Crippen LogP contribution in [-0.2, 0) is 0 Å². The average molecular weight is 326 g/mol. The zero-order chi connectivity index (χ0) is 13.5. The van der Waals surface area contributed by atoms with E-state index in [1.165, 1.54) is 0 Å². The molecule has 6 nitrogen and oxygen atoms in total. The van der Waals surface area contributed by atoms with Gasteiger partial charge in [0.1, 0.15) is 11.6 Å². The number of rotatable bonds is 3. The van der Waals surface area contributed by atoms with Gasteiger partial charge in [0.05, 0.1) is 22.8 Å². The maximum Gasteiger partial charge on any atom is 0.173 e. The van der Waals surface area contributed by atoms with Crippen molar-refractivity contribution < 1.29 is 5.11 Å². The number of aliphatic hydroxyl groups is 1. The van der Waals surface area contributed by atoms with E-state index >= 15 is 0 Å². The second-order valence-electron chi connectivity index (χ2n) is 5.06. The minimum atomic E-state index is -0.260. The molecule has 1 aliphatic carbocycles. The molecule has 0 aromatic carbocycles. The van der Waals surface area contributed by atoms with Crippen LogP contribution in [0.25, 0.3) is 5.65 Å². The van der Waals surface area contributed by atoms with Crippen LogP contribution in [0.2, 0.25) is 0 Å². The van der Waals surface area contributed by atoms with E-state index in [1.54, 1.807) is 16.8 Å². The van der Waals surface area contributed by atoms with Crippen LogP contribution in [0.5, 0.6) is 0 Å². The molecule has 3 rings (SSSR count). The summed E-state index contributed by atoms with van der Waals surface area (Å²) in [7, 11) is 0. The second kappa shape index (κ2) is 4.64. The molecule has 0 aliphatic heterocycles. The summed E-state index contributed by atoms with van der Waals surface area (Å²) in [5.41, 5.74) is 6.38. The van der Waals surface area contributed by atoms with Gasteiger partial charge in [-0.15, -0.1) is 0 Å². The quantitative estimate of drug-likeness (QED) is 0.800. The molecule has 1 aliphatic rings. The lowest BCUT2D eigenvalue weighted by molar-refractivity contribution is 0.214. The number of halogens is 1. The summed E-state index contributed by atoms with van der Waals surface area (Å²) in [6.45, 7) is 0.111. The normalized spacial score (nSPS) is 18.0. The van der Waals surface area contributed by atoms with Crippen LogP contribution >= 0.6 is 15.9 Å². The highest BCUT2D eigenvalue weighted by atomic mass is 79.9. The van der Waals surface area contributed by atoms with Crippen molar-refractivity contribution in [1.29, 1.82) is 0 Å². The van der Waals surface area contributed by atoms with Crippen molar-refractivity contribution in [3.05, 3.63) is 16.7 Å². The lowest BCUT2D eigenvalue weighted by Gasteiger charge is -2.28. The molecule has 1 saturated carbocycles. The molecule has 0 amide bonds. The number of nitrogens with two attached hydrogens (primary N) is 1. The summed E-state index contributed by atoms with van der Waals surface area (Å²) >= 11 is 3.40. The first-order valence-electron chi connectivity index (χ1n) is 6.32. The average Bonchev–Trinajstić information content (AvgIpc) is 2.99. The van der Waals surface area contributed by atoms with E-state index in [2.05, 4.69) is 31.3 Å². The number of aromatic nitrogens is 3. The first-order valence-corrected chi connectivity index (χ1v) is 7.12. The van der Waals surface area contributed by atoms with Crippen molar-refractivity contribution in [3.8, 4) is 0 Å². The highest BCUT2D eigenvalue weighted by Crippen LogP contribution is 2.33. The van der Waals surface area contributed by atoms with Gasteiger partial charge < -0.3 is 16.2 Å². The second-order valence-corrected chi connectivity index (χ2v) is 5.92. The molecule has 0 saturated heterocycles. The number of anilines is 2. The Kier molecular flexibility index (Phi) is 3.10. The monoisotopic (exact) mass is 325 g/mol. The molecular formula is C12H16BrN5O. The summed E-state index contributed by atoms with van der Waals surface area (Å²) in [5, 5.41) is 17.1. The molecule has 4 N–H and O–H groups in total. The topological polar surface area (TPSA) is 88.5 Å². The minimum Gasteiger partial charge on any atom is -0.394 e. The summed E-state index contributed by atoms with van der Waals surface area (Å²) in [6.07, 6.45) is 5.83. The molecule has 2 aromatic rings. The van der Waals surface area contributed by atoms with Crippen LogP contribution in [0.15, 0.2) is 16.7 Å². The Morgan fingerprint density at radius 3 is 2.89 bits per heavy atom. The Balaban J connectivity index is 1.98. The fourth-order valence-electron chi connectivity index (χ4n) is 2.67. The smallest absolute Gasteiger partial charge is 0.173 e. The summed E-state index contributed by atoms with van der Waals surface area (Å²) in [5.74, 6) is 1.20. The van der Waals surface area contributed by atoms with Crippen molar-refractivity contribution in [2.45, 2.75) is 31.2 Å². The number of aliphatic hydroxyl groups excluding tert-OH is 1. The number of nitrogens with zero attached hydrogens (tertiary/aromatic N) is 3. The fraction of sp³-hybridized carbons (Fsp3) is 0.500. The van der Waals surface area contributed by atoms with Crippen molar-refractivity contribution in [2.75, 3.05) is 17.7 Å². The Hall–Kier alpha value is -1.34. The third-order valence-corrected chi connectivity index (χ3v) is 4.27. The largest absolute Gasteiger partial charge is 0.394 e. The van der Waals surface area contributed by atoms with Gasteiger partial charge in [-0.2, -0.15) is 9.61 Å². The van der Waals surface area contributed by atoms with Crippen LogP contribution in [-0.4, -0.2) is 31.9 Å². The van der Waals surface area contributed by atoms with Gasteiger partial charge in [0.2, 0.25) is 0 Å². The standard InChI is InChI=1S/C12H16BrN5O/c13-8-6-15-18-9(14)5-10(16-11(8)18)17-12(7-19)3-1-2-4-12/h5-6,19H,1-4,7,14H2,(H,16,17). The van der Waals surface area contributed by atoms with E-state index < -0.39 is 0 Å². The van der Waals surface area contributed by atoms with Gasteiger partial charge in [0, 0.05) is 6.07 Å². The number of hydrogen-bond acceptors (Lipinski definition) is 5. The lowest BCUT2D eigenvalue weighted by Crippen LogP contribution is -2.39. The number of fused-ring (bicyclic) bond motifs is 1. The third kappa shape index (κ3) is 2.17. The third-order valence-electron chi connectivity index (χ3n) is 3.71. The first kappa shape index (κ1) is 12.7. The molecule has 0 unspecified atom stereocenters. The Morgan fingerprint density at radius 1 is 1.47 bits per heavy atom. The molecule has 0 radical (unpaired) electrons. The predicted molar refractivity (Wildman–Crippen MR) is 77.0 cm³/mol. The van der Waals surface area contributed by atoms with Gasteiger partial charge in [-0.25, -0.2) is 4.98 Å². The van der Waals surface area contributed by atoms with Crippen LogP contribution < -0.4 is 11.1 Å². The van der Waals surface area contributed by atoms with Gasteiger partial charge in [-0.05, 0) is 28.8 Å². The Bertz CT molecular complexity index is 605. The maximum atomic E-state index is 9.63. The van der Waals surface area contributed by atoms with Gasteiger partial charge in [0.25, 0.3) is 0 Å². The molecule has 0 spiro atoms. The predicted octanol–water partition coefficient (Wildman–Crippen LogP) is 1.79. The molecule has 2 heterocycles. The van der Waals surface area contributed by atoms with Crippen molar-refractivity contribution in [3.63, 3.8) is 0 Å². The van der Waals surface area contributed by atoms with E-state index in [9.17, 15) is 5.11 Å². The number of hydrogen-bond donors (Lipinski definition) is 3. The molecule has 0 atom stereocenters. The van der Waals surface area contributed by atoms with Crippen LogP contribution in [0.4, 0.5) is 11.6 Å². The summed E-state index contributed by atoms with van der Waals surface area (Å²) in [4.78, 5) is 4.50. The van der Waals surface area contributed by atoms with Crippen molar-refractivity contribution in [1.82, 2.24) is 14.6 Å². The van der Waals surface area contributed by atoms with Gasteiger partial charge in [-0.1, -0.05) is 12.8 Å². The molecule has 0 bridgehead atoms. The Labute approximate surface area is 119 Å². The highest BCUT2D eigenvalue weighted by Gasteiger charge is 2.33. The van der Waals surface area contributed by atoms with Crippen molar-refractivity contribution in [2.24, 2.45) is 0 Å². The molecular weight excluding hydrogens is 310 g/mol. The zero-order valence-corrected chi connectivity index (χ0v) is 12.0. The highest BCUT2D eigenvalue weighted by molar-refractivity contribution is 9.10. The fourth-order valence-corrected chi connectivity index (χ4v) is 3.02. The van der Waals surface area contributed by atoms with Gasteiger partial charge in [-0.3, -0.25) is 0 Å².